The van der Waals surface area contributed by atoms with Gasteiger partial charge in [0.25, 0.3) is 0 Å². The van der Waals surface area contributed by atoms with Crippen LogP contribution in [-0.4, -0.2) is 22.9 Å². The van der Waals surface area contributed by atoms with Gasteiger partial charge in [-0.15, -0.1) is 0 Å². The van der Waals surface area contributed by atoms with Gasteiger partial charge in [0.15, 0.2) is 0 Å². The quantitative estimate of drug-likeness (QED) is 0.790. The number of hydrogen-bond donors (Lipinski definition) is 1. The molecule has 0 aliphatic rings. The highest BCUT2D eigenvalue weighted by Crippen LogP contribution is 2.27. The van der Waals surface area contributed by atoms with Crippen molar-refractivity contribution in [1.29, 1.82) is 0 Å². The highest BCUT2D eigenvalue weighted by molar-refractivity contribution is 5.84. The summed E-state index contributed by atoms with van der Waals surface area (Å²) < 4.78 is 11.4. The van der Waals surface area contributed by atoms with E-state index in [1.165, 1.54) is 0 Å². The molecule has 2 rings (SSSR count). The third-order valence-electron chi connectivity index (χ3n) is 2.40. The smallest absolute Gasteiger partial charge is 0.497 e. The van der Waals surface area contributed by atoms with Gasteiger partial charge in [0.1, 0.15) is 5.75 Å². The Morgan fingerprint density at radius 1 is 1.38 bits per heavy atom. The van der Waals surface area contributed by atoms with Crippen molar-refractivity contribution in [3.63, 3.8) is 0 Å². The zero-order valence-electron chi connectivity index (χ0n) is 8.93. The van der Waals surface area contributed by atoms with Crippen molar-refractivity contribution in [2.75, 3.05) is 7.11 Å². The van der Waals surface area contributed by atoms with Crippen LogP contribution < -0.4 is 9.47 Å². The normalized spacial score (nSPS) is 10.4. The maximum atomic E-state index is 10.5. The van der Waals surface area contributed by atoms with E-state index in [1.807, 2.05) is 18.2 Å². The third kappa shape index (κ3) is 1.67. The number of carbonyl (C=O) groups is 1. The van der Waals surface area contributed by atoms with E-state index in [4.69, 9.17) is 9.84 Å². The fraction of sp³-hybridized carbons (Fsp3) is 0.182. The van der Waals surface area contributed by atoms with Gasteiger partial charge in [-0.25, -0.2) is 4.79 Å². The van der Waals surface area contributed by atoms with Crippen molar-refractivity contribution in [2.45, 2.75) is 0 Å². The second kappa shape index (κ2) is 3.77. The standard InChI is InChI=1S/C11H11NO4/c1-12-9-6-8(15-2)4-3-7(9)5-10(12)16-11(13)14/h3-6H,1-2H3,(H,13,14). The lowest BCUT2D eigenvalue weighted by atomic mass is 10.2. The molecule has 0 saturated carbocycles. The van der Waals surface area contributed by atoms with Crippen LogP contribution in [0.3, 0.4) is 0 Å². The predicted octanol–water partition coefficient (Wildman–Crippen LogP) is 2.24. The van der Waals surface area contributed by atoms with Crippen LogP contribution >= 0.6 is 0 Å². The van der Waals surface area contributed by atoms with Gasteiger partial charge < -0.3 is 19.1 Å². The Bertz CT molecular complexity index is 544. The number of aromatic nitrogens is 1. The fourth-order valence-corrected chi connectivity index (χ4v) is 1.60. The maximum absolute atomic E-state index is 10.5. The molecule has 0 saturated heterocycles. The first-order valence-electron chi connectivity index (χ1n) is 4.66. The number of rotatable bonds is 2. The summed E-state index contributed by atoms with van der Waals surface area (Å²) >= 11 is 0. The number of carboxylic acid groups (broad SMARTS) is 1. The Morgan fingerprint density at radius 2 is 2.12 bits per heavy atom. The molecule has 0 radical (unpaired) electrons. The van der Waals surface area contributed by atoms with E-state index < -0.39 is 6.16 Å². The number of nitrogens with zero attached hydrogens (tertiary/aromatic N) is 1. The van der Waals surface area contributed by atoms with E-state index in [0.717, 1.165) is 16.7 Å². The fourth-order valence-electron chi connectivity index (χ4n) is 1.60. The average Bonchev–Trinajstić information content (AvgIpc) is 2.55. The molecule has 0 spiro atoms. The largest absolute Gasteiger partial charge is 0.512 e. The van der Waals surface area contributed by atoms with Crippen molar-refractivity contribution in [3.8, 4) is 11.6 Å². The van der Waals surface area contributed by atoms with Gasteiger partial charge in [-0.1, -0.05) is 0 Å². The molecule has 1 heterocycles. The lowest BCUT2D eigenvalue weighted by molar-refractivity contribution is 0.141. The van der Waals surface area contributed by atoms with Crippen LogP contribution in [0, 0.1) is 0 Å². The Balaban J connectivity index is 2.54. The summed E-state index contributed by atoms with van der Waals surface area (Å²) in [5.41, 5.74) is 0.857. The molecule has 5 heteroatoms. The van der Waals surface area contributed by atoms with Gasteiger partial charge in [-0.2, -0.15) is 0 Å². The molecule has 0 fully saturated rings. The molecule has 0 atom stereocenters. The molecule has 0 amide bonds. The van der Waals surface area contributed by atoms with Gasteiger partial charge in [-0.3, -0.25) is 0 Å². The summed E-state index contributed by atoms with van der Waals surface area (Å²) in [4.78, 5) is 10.5. The molecular weight excluding hydrogens is 210 g/mol. The first kappa shape index (κ1) is 10.4. The summed E-state index contributed by atoms with van der Waals surface area (Å²) in [7, 11) is 3.32. The molecule has 2 aromatic rings. The number of benzene rings is 1. The minimum atomic E-state index is -1.32. The van der Waals surface area contributed by atoms with Crippen LogP contribution in [0.25, 0.3) is 10.9 Å². The minimum Gasteiger partial charge on any atom is -0.497 e. The Hall–Kier alpha value is -2.17. The minimum absolute atomic E-state index is 0.288. The van der Waals surface area contributed by atoms with Gasteiger partial charge in [0, 0.05) is 24.6 Å². The molecule has 84 valence electrons. The zero-order valence-corrected chi connectivity index (χ0v) is 8.93. The van der Waals surface area contributed by atoms with Crippen LogP contribution in [0.2, 0.25) is 0 Å². The van der Waals surface area contributed by atoms with Gasteiger partial charge >= 0.3 is 6.16 Å². The van der Waals surface area contributed by atoms with Crippen LogP contribution in [0.5, 0.6) is 11.6 Å². The number of fused-ring (bicyclic) bond motifs is 1. The van der Waals surface area contributed by atoms with Crippen molar-refractivity contribution < 1.29 is 19.4 Å². The van der Waals surface area contributed by atoms with E-state index in [0.29, 0.717) is 0 Å². The molecule has 0 bridgehead atoms. The van der Waals surface area contributed by atoms with Crippen molar-refractivity contribution >= 4 is 17.1 Å². The maximum Gasteiger partial charge on any atom is 0.512 e. The van der Waals surface area contributed by atoms with Crippen molar-refractivity contribution in [3.05, 3.63) is 24.3 Å². The van der Waals surface area contributed by atoms with E-state index in [1.54, 1.807) is 24.8 Å². The van der Waals surface area contributed by atoms with Crippen LogP contribution in [-0.2, 0) is 7.05 Å². The Morgan fingerprint density at radius 3 is 2.75 bits per heavy atom. The molecule has 5 nitrogen and oxygen atoms in total. The number of aryl methyl sites for hydroxylation is 1. The number of methoxy groups -OCH3 is 1. The molecule has 1 N–H and O–H groups in total. The van der Waals surface area contributed by atoms with E-state index in [-0.39, 0.29) is 5.88 Å². The van der Waals surface area contributed by atoms with Crippen LogP contribution in [0.15, 0.2) is 24.3 Å². The van der Waals surface area contributed by atoms with Gasteiger partial charge in [-0.05, 0) is 12.1 Å². The lowest BCUT2D eigenvalue weighted by Crippen LogP contribution is -2.06. The SMILES string of the molecule is COc1ccc2cc(OC(=O)O)n(C)c2c1. The van der Waals surface area contributed by atoms with Gasteiger partial charge in [0.2, 0.25) is 5.88 Å². The average molecular weight is 221 g/mol. The monoisotopic (exact) mass is 221 g/mol. The first-order chi connectivity index (χ1) is 7.61. The Kier molecular flexibility index (Phi) is 2.44. The Labute approximate surface area is 91.8 Å². The van der Waals surface area contributed by atoms with Gasteiger partial charge in [0.05, 0.1) is 12.6 Å². The van der Waals surface area contributed by atoms with Crippen molar-refractivity contribution in [1.82, 2.24) is 4.57 Å². The van der Waals surface area contributed by atoms with E-state index >= 15 is 0 Å². The highest BCUT2D eigenvalue weighted by atomic mass is 16.7. The predicted molar refractivity (Wildman–Crippen MR) is 58.1 cm³/mol. The van der Waals surface area contributed by atoms with Crippen molar-refractivity contribution in [2.24, 2.45) is 7.05 Å². The van der Waals surface area contributed by atoms with E-state index in [9.17, 15) is 4.79 Å². The summed E-state index contributed by atoms with van der Waals surface area (Å²) in [6, 6.07) is 7.16. The van der Waals surface area contributed by atoms with Crippen LogP contribution in [0.4, 0.5) is 4.79 Å². The molecule has 1 aromatic carbocycles. The molecule has 0 unspecified atom stereocenters. The first-order valence-corrected chi connectivity index (χ1v) is 4.66. The molecule has 0 aliphatic carbocycles. The molecule has 1 aromatic heterocycles. The number of ether oxygens (including phenoxy) is 2. The van der Waals surface area contributed by atoms with E-state index in [2.05, 4.69) is 4.74 Å². The summed E-state index contributed by atoms with van der Waals surface area (Å²) in [5, 5.41) is 9.46. The summed E-state index contributed by atoms with van der Waals surface area (Å²) in [5.74, 6) is 1.01. The highest BCUT2D eigenvalue weighted by Gasteiger charge is 2.10. The second-order valence-electron chi connectivity index (χ2n) is 3.33. The second-order valence-corrected chi connectivity index (χ2v) is 3.33. The third-order valence-corrected chi connectivity index (χ3v) is 2.40. The lowest BCUT2D eigenvalue weighted by Gasteiger charge is -2.03. The molecule has 16 heavy (non-hydrogen) atoms. The number of hydrogen-bond acceptors (Lipinski definition) is 3. The topological polar surface area (TPSA) is 60.7 Å². The molecule has 0 aliphatic heterocycles. The van der Waals surface area contributed by atoms with Crippen LogP contribution in [0.1, 0.15) is 0 Å². The zero-order chi connectivity index (χ0) is 11.7. The molecular formula is C11H11NO4. The summed E-state index contributed by atoms with van der Waals surface area (Å²) in [6.45, 7) is 0. The summed E-state index contributed by atoms with van der Waals surface area (Å²) in [6.07, 6.45) is -1.32.